The van der Waals surface area contributed by atoms with Crippen molar-refractivity contribution < 1.29 is 19.2 Å². The van der Waals surface area contributed by atoms with Gasteiger partial charge in [-0.15, -0.1) is 0 Å². The fraction of sp³-hybridized carbons (Fsp3) is 0.947. The van der Waals surface area contributed by atoms with Crippen molar-refractivity contribution in [2.45, 2.75) is 206 Å². The molecule has 1 aliphatic rings. The van der Waals surface area contributed by atoms with Crippen molar-refractivity contribution >= 4 is 11.8 Å². The summed E-state index contributed by atoms with van der Waals surface area (Å²) in [6.45, 7) is 6.77. The van der Waals surface area contributed by atoms with Crippen molar-refractivity contribution in [1.82, 2.24) is 5.32 Å². The normalized spacial score (nSPS) is 14.9. The molecule has 0 bridgehead atoms. The molecule has 0 radical (unpaired) electrons. The van der Waals surface area contributed by atoms with Gasteiger partial charge in [0.25, 0.3) is 0 Å². The van der Waals surface area contributed by atoms with E-state index in [0.29, 0.717) is 25.6 Å². The summed E-state index contributed by atoms with van der Waals surface area (Å²) < 4.78 is 7.92. The van der Waals surface area contributed by atoms with Crippen molar-refractivity contribution in [3.63, 3.8) is 0 Å². The molecule has 0 saturated carbocycles. The van der Waals surface area contributed by atoms with Gasteiger partial charge in [0.1, 0.15) is 19.1 Å². The zero-order valence-corrected chi connectivity index (χ0v) is 29.1. The summed E-state index contributed by atoms with van der Waals surface area (Å²) in [7, 11) is 0. The molecule has 1 unspecified atom stereocenters. The summed E-state index contributed by atoms with van der Waals surface area (Å²) >= 11 is 0. The van der Waals surface area contributed by atoms with Gasteiger partial charge in [-0.25, -0.2) is 0 Å². The second-order valence-electron chi connectivity index (χ2n) is 13.4. The second-order valence-corrected chi connectivity index (χ2v) is 13.4. The standard InChI is InChI=1S/C38H74N2O3/c1-3-5-7-9-11-13-15-17-19-21-23-25-27-29-37-39-35-36(40(37)32-33-41)31-34-43-38(42)30-28-26-24-22-20-18-16-14-12-10-8-6-4-2/h36,41H,3-35H2,1-2H3/p+1. The van der Waals surface area contributed by atoms with Gasteiger partial charge in [0.2, 0.25) is 5.84 Å². The van der Waals surface area contributed by atoms with Gasteiger partial charge < -0.3 is 9.84 Å². The molecule has 0 saturated heterocycles. The average Bonchev–Trinajstić information content (AvgIpc) is 3.39. The number of hydrogen-bond donors (Lipinski definition) is 2. The van der Waals surface area contributed by atoms with Crippen LogP contribution in [0, 0.1) is 0 Å². The van der Waals surface area contributed by atoms with Crippen molar-refractivity contribution in [3.05, 3.63) is 0 Å². The van der Waals surface area contributed by atoms with Crippen LogP contribution < -0.4 is 5.32 Å². The minimum absolute atomic E-state index is 0.0427. The van der Waals surface area contributed by atoms with Gasteiger partial charge >= 0.3 is 5.97 Å². The summed E-state index contributed by atoms with van der Waals surface area (Å²) in [6, 6.07) is 0.313. The Kier molecular flexibility index (Phi) is 28.7. The number of hydrogen-bond acceptors (Lipinski definition) is 4. The molecule has 254 valence electrons. The Labute approximate surface area is 268 Å². The highest BCUT2D eigenvalue weighted by Gasteiger charge is 2.30. The van der Waals surface area contributed by atoms with Gasteiger partial charge in [-0.1, -0.05) is 168 Å². The predicted molar refractivity (Wildman–Crippen MR) is 185 cm³/mol. The molecular weight excluding hydrogens is 532 g/mol. The fourth-order valence-electron chi connectivity index (χ4n) is 6.56. The lowest BCUT2D eigenvalue weighted by molar-refractivity contribution is -0.559. The first-order valence-electron chi connectivity index (χ1n) is 19.4. The number of aliphatic hydroxyl groups excluding tert-OH is 1. The Balaban J connectivity index is 2.02. The van der Waals surface area contributed by atoms with Crippen LogP contribution >= 0.6 is 0 Å². The first kappa shape index (κ1) is 39.9. The van der Waals surface area contributed by atoms with Crippen LogP contribution in [0.5, 0.6) is 0 Å². The summed E-state index contributed by atoms with van der Waals surface area (Å²) in [6.07, 6.45) is 37.4. The molecule has 1 atom stereocenters. The van der Waals surface area contributed by atoms with Crippen LogP contribution in [0.15, 0.2) is 0 Å². The third-order valence-electron chi connectivity index (χ3n) is 9.39. The zero-order chi connectivity index (χ0) is 31.1. The highest BCUT2D eigenvalue weighted by Crippen LogP contribution is 2.15. The Bertz CT molecular complexity index is 651. The first-order valence-corrected chi connectivity index (χ1v) is 19.4. The lowest BCUT2D eigenvalue weighted by atomic mass is 10.0. The van der Waals surface area contributed by atoms with Crippen LogP contribution in [-0.4, -0.2) is 53.8 Å². The minimum Gasteiger partial charge on any atom is -0.465 e. The molecule has 0 aromatic rings. The Morgan fingerprint density at radius 1 is 0.674 bits per heavy atom. The Hall–Kier alpha value is -1.10. The lowest BCUT2D eigenvalue weighted by Gasteiger charge is -2.12. The molecule has 43 heavy (non-hydrogen) atoms. The van der Waals surface area contributed by atoms with E-state index in [4.69, 9.17) is 4.74 Å². The molecule has 0 spiro atoms. The molecule has 1 rings (SSSR count). The van der Waals surface area contributed by atoms with Crippen LogP contribution in [0.2, 0.25) is 0 Å². The van der Waals surface area contributed by atoms with Gasteiger partial charge in [0.15, 0.2) is 0 Å². The zero-order valence-electron chi connectivity index (χ0n) is 29.1. The number of aliphatic hydroxyl groups is 1. The minimum atomic E-state index is -0.0427. The first-order chi connectivity index (χ1) is 21.2. The van der Waals surface area contributed by atoms with Crippen LogP contribution in [0.1, 0.15) is 200 Å². The number of esters is 1. The van der Waals surface area contributed by atoms with E-state index in [1.807, 2.05) is 0 Å². The number of unbranched alkanes of at least 4 members (excludes halogenated alkanes) is 24. The Morgan fingerprint density at radius 2 is 1.09 bits per heavy atom. The van der Waals surface area contributed by atoms with Crippen molar-refractivity contribution in [2.24, 2.45) is 0 Å². The van der Waals surface area contributed by atoms with Crippen LogP contribution in [0.25, 0.3) is 0 Å². The average molecular weight is 608 g/mol. The third kappa shape index (κ3) is 23.9. The number of nitrogens with zero attached hydrogens (tertiary/aromatic N) is 1. The third-order valence-corrected chi connectivity index (χ3v) is 9.39. The number of carbonyl (C=O) groups is 1. The van der Waals surface area contributed by atoms with Crippen molar-refractivity contribution in [2.75, 3.05) is 26.3 Å². The highest BCUT2D eigenvalue weighted by atomic mass is 16.5. The fourth-order valence-corrected chi connectivity index (χ4v) is 6.56. The van der Waals surface area contributed by atoms with E-state index >= 15 is 0 Å². The van der Waals surface area contributed by atoms with Gasteiger partial charge in [-0.3, -0.25) is 14.7 Å². The van der Waals surface area contributed by atoms with Crippen molar-refractivity contribution in [3.8, 4) is 0 Å². The number of rotatable bonds is 33. The van der Waals surface area contributed by atoms with Crippen LogP contribution in [0.4, 0.5) is 0 Å². The van der Waals surface area contributed by atoms with Crippen molar-refractivity contribution in [1.29, 1.82) is 0 Å². The molecule has 5 nitrogen and oxygen atoms in total. The quantitative estimate of drug-likeness (QED) is 0.0443. The molecule has 0 aromatic heterocycles. The molecule has 5 heteroatoms. The van der Waals surface area contributed by atoms with Gasteiger partial charge in [0, 0.05) is 19.3 Å². The van der Waals surface area contributed by atoms with E-state index in [1.165, 1.54) is 160 Å². The molecule has 0 aliphatic carbocycles. The maximum atomic E-state index is 12.2. The summed E-state index contributed by atoms with van der Waals surface area (Å²) in [5.41, 5.74) is 0. The summed E-state index contributed by atoms with van der Waals surface area (Å²) in [5, 5.41) is 13.2. The lowest BCUT2D eigenvalue weighted by Crippen LogP contribution is -2.30. The SMILES string of the molecule is CCCCCCCCCCCCCCCC(=O)OCCC1CNC(CCCCCCCCCCCCCCC)=[N+]1CCO. The van der Waals surface area contributed by atoms with E-state index < -0.39 is 0 Å². The van der Waals surface area contributed by atoms with Gasteiger partial charge in [0.05, 0.1) is 13.2 Å². The number of ether oxygens (including phenoxy) is 1. The van der Waals surface area contributed by atoms with Crippen LogP contribution in [0.3, 0.4) is 0 Å². The topological polar surface area (TPSA) is 61.6 Å². The number of nitrogens with one attached hydrogen (secondary N) is 1. The number of β-amino-alcohol motifs (C(OH)–C–C–N with tert-alkyl or cyclic N) is 1. The van der Waals surface area contributed by atoms with Gasteiger partial charge in [-0.05, 0) is 12.8 Å². The molecule has 1 heterocycles. The molecule has 2 N–H and O–H groups in total. The van der Waals surface area contributed by atoms with E-state index in [9.17, 15) is 9.90 Å². The maximum Gasteiger partial charge on any atom is 0.305 e. The molecular formula is C38H75N2O3+. The number of amidine groups is 1. The van der Waals surface area contributed by atoms with E-state index in [-0.39, 0.29) is 12.6 Å². The molecule has 0 fully saturated rings. The van der Waals surface area contributed by atoms with Crippen LogP contribution in [-0.2, 0) is 9.53 Å². The largest absolute Gasteiger partial charge is 0.465 e. The Morgan fingerprint density at radius 3 is 1.53 bits per heavy atom. The van der Waals surface area contributed by atoms with E-state index in [1.54, 1.807) is 0 Å². The number of carbonyl (C=O) groups excluding carboxylic acids is 1. The molecule has 1 aliphatic heterocycles. The van der Waals surface area contributed by atoms with Gasteiger partial charge in [-0.2, -0.15) is 0 Å². The summed E-state index contributed by atoms with van der Waals surface area (Å²) in [4.78, 5) is 12.2. The smallest absolute Gasteiger partial charge is 0.305 e. The van der Waals surface area contributed by atoms with E-state index in [0.717, 1.165) is 32.2 Å². The second kappa shape index (κ2) is 30.9. The van der Waals surface area contributed by atoms with E-state index in [2.05, 4.69) is 23.7 Å². The molecule has 0 amide bonds. The molecule has 0 aromatic carbocycles. The predicted octanol–water partition coefficient (Wildman–Crippen LogP) is 10.3. The monoisotopic (exact) mass is 608 g/mol. The summed E-state index contributed by atoms with van der Waals surface area (Å²) in [5.74, 6) is 1.24. The highest BCUT2D eigenvalue weighted by molar-refractivity contribution is 5.78. The maximum absolute atomic E-state index is 12.2.